The molecule has 184 valence electrons. The van der Waals surface area contributed by atoms with Gasteiger partial charge in [-0.25, -0.2) is 0 Å². The quantitative estimate of drug-likeness (QED) is 0.339. The van der Waals surface area contributed by atoms with Crippen molar-refractivity contribution in [2.45, 2.75) is 32.7 Å². The summed E-state index contributed by atoms with van der Waals surface area (Å²) in [6.07, 6.45) is 1.87. The van der Waals surface area contributed by atoms with E-state index in [-0.39, 0.29) is 13.1 Å². The molecule has 3 aromatic heterocycles. The van der Waals surface area contributed by atoms with Gasteiger partial charge in [-0.15, -0.1) is 0 Å². The summed E-state index contributed by atoms with van der Waals surface area (Å²) >= 11 is 0. The maximum atomic E-state index is 13.7. The number of hydrogen-bond donors (Lipinski definition) is 2. The number of halogens is 3. The first kappa shape index (κ1) is 23.4. The molecule has 2 N–H and O–H groups in total. The van der Waals surface area contributed by atoms with Crippen LogP contribution in [0.2, 0.25) is 0 Å². The molecule has 7 nitrogen and oxygen atoms in total. The van der Waals surface area contributed by atoms with Gasteiger partial charge in [-0.3, -0.25) is 14.2 Å². The van der Waals surface area contributed by atoms with E-state index in [0.717, 1.165) is 44.0 Å². The minimum Gasteiger partial charge on any atom is -0.361 e. The maximum absolute atomic E-state index is 13.7. The van der Waals surface area contributed by atoms with E-state index in [0.29, 0.717) is 6.54 Å². The van der Waals surface area contributed by atoms with E-state index in [1.807, 2.05) is 66.3 Å². The van der Waals surface area contributed by atoms with E-state index < -0.39 is 23.3 Å². The number of rotatable bonds is 7. The van der Waals surface area contributed by atoms with Crippen LogP contribution in [0.3, 0.4) is 0 Å². The molecule has 0 atom stereocenters. The van der Waals surface area contributed by atoms with Gasteiger partial charge in [0.1, 0.15) is 0 Å². The fourth-order valence-electron chi connectivity index (χ4n) is 4.13. The van der Waals surface area contributed by atoms with Gasteiger partial charge >= 0.3 is 6.18 Å². The second kappa shape index (κ2) is 9.37. The summed E-state index contributed by atoms with van der Waals surface area (Å²) < 4.78 is 44.0. The Labute approximate surface area is 204 Å². The lowest BCUT2D eigenvalue weighted by molar-refractivity contribution is -0.141. The standard InChI is InChI=1S/C26H23F3N6O/c1-17-11-32-34(13-17)14-18-5-7-19(8-6-18)15-35-16-22(24(33-35)26(27,28)29)25(36)31-12-20-3-2-4-23-21(20)9-10-30-23/h2-11,13,16,30H,12,14-15H2,1H3,(H,31,36). The second-order valence-corrected chi connectivity index (χ2v) is 8.66. The Morgan fingerprint density at radius 2 is 1.72 bits per heavy atom. The van der Waals surface area contributed by atoms with Gasteiger partial charge < -0.3 is 10.3 Å². The minimum absolute atomic E-state index is 0.0910. The minimum atomic E-state index is -4.76. The van der Waals surface area contributed by atoms with E-state index in [1.54, 1.807) is 12.4 Å². The van der Waals surface area contributed by atoms with Crippen LogP contribution in [0.5, 0.6) is 0 Å². The van der Waals surface area contributed by atoms with Crippen molar-refractivity contribution in [2.24, 2.45) is 0 Å². The first-order chi connectivity index (χ1) is 17.3. The predicted molar refractivity (Wildman–Crippen MR) is 128 cm³/mol. The molecular formula is C26H23F3N6O. The summed E-state index contributed by atoms with van der Waals surface area (Å²) in [5.41, 5.74) is 2.81. The maximum Gasteiger partial charge on any atom is 0.435 e. The largest absolute Gasteiger partial charge is 0.435 e. The van der Waals surface area contributed by atoms with Gasteiger partial charge in [0.05, 0.1) is 24.8 Å². The molecule has 0 aliphatic heterocycles. The Bertz CT molecular complexity index is 1510. The molecule has 0 spiro atoms. The fraction of sp³-hybridized carbons (Fsp3) is 0.192. The van der Waals surface area contributed by atoms with Crippen LogP contribution >= 0.6 is 0 Å². The van der Waals surface area contributed by atoms with Crippen molar-refractivity contribution in [3.05, 3.63) is 107 Å². The Morgan fingerprint density at radius 1 is 1.00 bits per heavy atom. The molecule has 3 heterocycles. The molecule has 0 saturated heterocycles. The zero-order chi connectivity index (χ0) is 25.3. The van der Waals surface area contributed by atoms with Gasteiger partial charge in [-0.1, -0.05) is 36.4 Å². The van der Waals surface area contributed by atoms with E-state index in [2.05, 4.69) is 20.5 Å². The molecular weight excluding hydrogens is 469 g/mol. The highest BCUT2D eigenvalue weighted by molar-refractivity contribution is 5.95. The lowest BCUT2D eigenvalue weighted by Gasteiger charge is -2.08. The molecule has 1 amide bonds. The monoisotopic (exact) mass is 492 g/mol. The summed E-state index contributed by atoms with van der Waals surface area (Å²) in [7, 11) is 0. The lowest BCUT2D eigenvalue weighted by atomic mass is 10.1. The number of nitrogens with one attached hydrogen (secondary N) is 2. The number of hydrogen-bond acceptors (Lipinski definition) is 3. The van der Waals surface area contributed by atoms with E-state index >= 15 is 0 Å². The van der Waals surface area contributed by atoms with Crippen molar-refractivity contribution >= 4 is 16.8 Å². The zero-order valence-corrected chi connectivity index (χ0v) is 19.4. The first-order valence-electron chi connectivity index (χ1n) is 11.3. The Kier molecular flexibility index (Phi) is 6.09. The van der Waals surface area contributed by atoms with Crippen LogP contribution in [-0.4, -0.2) is 30.5 Å². The average molecular weight is 493 g/mol. The second-order valence-electron chi connectivity index (χ2n) is 8.66. The van der Waals surface area contributed by atoms with Gasteiger partial charge in [0.2, 0.25) is 0 Å². The topological polar surface area (TPSA) is 80.5 Å². The molecule has 0 unspecified atom stereocenters. The SMILES string of the molecule is Cc1cnn(Cc2ccc(Cn3cc(C(=O)NCc4cccc5[nH]ccc45)c(C(F)(F)F)n3)cc2)c1. The number of carbonyl (C=O) groups is 1. The summed E-state index contributed by atoms with van der Waals surface area (Å²) in [6.45, 7) is 2.74. The molecule has 0 aliphatic rings. The molecule has 36 heavy (non-hydrogen) atoms. The molecule has 0 saturated carbocycles. The third kappa shape index (κ3) is 5.02. The lowest BCUT2D eigenvalue weighted by Crippen LogP contribution is -2.25. The smallest absolute Gasteiger partial charge is 0.361 e. The van der Waals surface area contributed by atoms with Crippen molar-refractivity contribution in [1.82, 2.24) is 29.9 Å². The van der Waals surface area contributed by atoms with E-state index in [9.17, 15) is 18.0 Å². The molecule has 0 radical (unpaired) electrons. The van der Waals surface area contributed by atoms with Gasteiger partial charge in [0.15, 0.2) is 5.69 Å². The van der Waals surface area contributed by atoms with Gasteiger partial charge in [0.25, 0.3) is 5.91 Å². The average Bonchev–Trinajstić information content (AvgIpc) is 3.58. The number of nitrogens with zero attached hydrogens (tertiary/aromatic N) is 4. The van der Waals surface area contributed by atoms with Crippen LogP contribution in [0.25, 0.3) is 10.9 Å². The molecule has 0 aliphatic carbocycles. The summed E-state index contributed by atoms with van der Waals surface area (Å²) in [5.74, 6) is -0.828. The van der Waals surface area contributed by atoms with Crippen LogP contribution in [0, 0.1) is 6.92 Å². The highest BCUT2D eigenvalue weighted by Gasteiger charge is 2.39. The predicted octanol–water partition coefficient (Wildman–Crippen LogP) is 4.91. The highest BCUT2D eigenvalue weighted by atomic mass is 19.4. The summed E-state index contributed by atoms with van der Waals surface area (Å²) in [5, 5.41) is 11.5. The number of aromatic nitrogens is 5. The zero-order valence-electron chi connectivity index (χ0n) is 19.4. The molecule has 10 heteroatoms. The number of benzene rings is 2. The third-order valence-corrected chi connectivity index (χ3v) is 5.87. The molecule has 2 aromatic carbocycles. The number of amides is 1. The van der Waals surface area contributed by atoms with Crippen molar-refractivity contribution in [3.63, 3.8) is 0 Å². The molecule has 0 bridgehead atoms. The van der Waals surface area contributed by atoms with Crippen molar-refractivity contribution in [2.75, 3.05) is 0 Å². The van der Waals surface area contributed by atoms with Crippen molar-refractivity contribution < 1.29 is 18.0 Å². The van der Waals surface area contributed by atoms with Gasteiger partial charge in [-0.2, -0.15) is 23.4 Å². The normalized spacial score (nSPS) is 11.8. The van der Waals surface area contributed by atoms with Crippen LogP contribution in [-0.2, 0) is 25.8 Å². The number of fused-ring (bicyclic) bond motifs is 1. The number of H-pyrrole nitrogens is 1. The van der Waals surface area contributed by atoms with Crippen LogP contribution < -0.4 is 5.32 Å². The molecule has 0 fully saturated rings. The van der Waals surface area contributed by atoms with Gasteiger partial charge in [0, 0.05) is 36.0 Å². The summed E-state index contributed by atoms with van der Waals surface area (Å²) in [6, 6.07) is 14.8. The third-order valence-electron chi connectivity index (χ3n) is 5.87. The molecule has 5 aromatic rings. The van der Waals surface area contributed by atoms with E-state index in [1.165, 1.54) is 0 Å². The Morgan fingerprint density at radius 3 is 2.39 bits per heavy atom. The van der Waals surface area contributed by atoms with E-state index in [4.69, 9.17) is 0 Å². The number of carbonyl (C=O) groups excluding carboxylic acids is 1. The van der Waals surface area contributed by atoms with Crippen molar-refractivity contribution in [1.29, 1.82) is 0 Å². The fourth-order valence-corrected chi connectivity index (χ4v) is 4.13. The number of aryl methyl sites for hydroxylation is 1. The van der Waals surface area contributed by atoms with Crippen molar-refractivity contribution in [3.8, 4) is 0 Å². The first-order valence-corrected chi connectivity index (χ1v) is 11.3. The van der Waals surface area contributed by atoms with Crippen LogP contribution in [0.1, 0.15) is 38.3 Å². The molecule has 5 rings (SSSR count). The number of aromatic amines is 1. The van der Waals surface area contributed by atoms with Crippen LogP contribution in [0.15, 0.2) is 73.3 Å². The highest BCUT2D eigenvalue weighted by Crippen LogP contribution is 2.31. The van der Waals surface area contributed by atoms with Gasteiger partial charge in [-0.05, 0) is 41.3 Å². The Balaban J connectivity index is 1.31. The Hall–Kier alpha value is -4.34. The number of alkyl halides is 3. The van der Waals surface area contributed by atoms with Crippen LogP contribution in [0.4, 0.5) is 13.2 Å². The summed E-state index contributed by atoms with van der Waals surface area (Å²) in [4.78, 5) is 15.8.